The topological polar surface area (TPSA) is 35.2 Å². The van der Waals surface area contributed by atoms with Crippen molar-refractivity contribution < 1.29 is 13.5 Å². The fourth-order valence-electron chi connectivity index (χ4n) is 1.64. The molecule has 14 heavy (non-hydrogen) atoms. The summed E-state index contributed by atoms with van der Waals surface area (Å²) in [7, 11) is 0. The molecule has 0 aromatic heterocycles. The normalized spacial score (nSPS) is 20.9. The highest BCUT2D eigenvalue weighted by Crippen LogP contribution is 2.32. The molecule has 2 nitrogen and oxygen atoms in total. The van der Waals surface area contributed by atoms with Gasteiger partial charge in [-0.25, -0.2) is 8.78 Å². The van der Waals surface area contributed by atoms with Gasteiger partial charge in [0, 0.05) is 17.7 Å². The summed E-state index contributed by atoms with van der Waals surface area (Å²) in [6.07, 6.45) is 1.45. The molecule has 1 aromatic rings. The third-order valence-corrected chi connectivity index (χ3v) is 2.34. The molecule has 0 saturated heterocycles. The van der Waals surface area contributed by atoms with Gasteiger partial charge in [-0.1, -0.05) is 0 Å². The van der Waals surface area contributed by atoms with E-state index in [-0.39, 0.29) is 11.8 Å². The molecule has 1 aliphatic heterocycles. The summed E-state index contributed by atoms with van der Waals surface area (Å²) in [5.41, 5.74) is 6.20. The molecule has 0 spiro atoms. The lowest BCUT2D eigenvalue weighted by Crippen LogP contribution is -2.10. The Morgan fingerprint density at radius 1 is 1.36 bits per heavy atom. The predicted octanol–water partition coefficient (Wildman–Crippen LogP) is 2.14. The zero-order valence-electron chi connectivity index (χ0n) is 7.59. The molecule has 4 heteroatoms. The second-order valence-electron chi connectivity index (χ2n) is 3.40. The quantitative estimate of drug-likeness (QED) is 0.694. The molecule has 0 bridgehead atoms. The van der Waals surface area contributed by atoms with Gasteiger partial charge in [-0.2, -0.15) is 0 Å². The summed E-state index contributed by atoms with van der Waals surface area (Å²) in [6, 6.07) is 1.73. The molecule has 76 valence electrons. The van der Waals surface area contributed by atoms with Crippen LogP contribution in [0, 0.1) is 11.6 Å². The molecule has 0 aliphatic carbocycles. The van der Waals surface area contributed by atoms with Crippen LogP contribution in [0.25, 0.3) is 0 Å². The van der Waals surface area contributed by atoms with Crippen molar-refractivity contribution >= 4 is 0 Å². The Labute approximate surface area is 80.7 Å². The van der Waals surface area contributed by atoms with Gasteiger partial charge in [-0.3, -0.25) is 0 Å². The fourth-order valence-corrected chi connectivity index (χ4v) is 1.64. The Hall–Kier alpha value is -1.16. The van der Waals surface area contributed by atoms with E-state index in [1.54, 1.807) is 0 Å². The van der Waals surface area contributed by atoms with Crippen LogP contribution in [0.15, 0.2) is 12.1 Å². The summed E-state index contributed by atoms with van der Waals surface area (Å²) < 4.78 is 31.4. The molecule has 0 radical (unpaired) electrons. The third kappa shape index (κ3) is 1.57. The monoisotopic (exact) mass is 199 g/mol. The SMILES string of the molecule is N[C@H]1CCCOc2c(F)cc(F)cc21. The minimum atomic E-state index is -0.669. The summed E-state index contributed by atoms with van der Waals surface area (Å²) in [5, 5.41) is 0. The highest BCUT2D eigenvalue weighted by Gasteiger charge is 2.20. The summed E-state index contributed by atoms with van der Waals surface area (Å²) in [5.74, 6) is -1.17. The van der Waals surface area contributed by atoms with Gasteiger partial charge in [0.15, 0.2) is 11.6 Å². The molecule has 0 amide bonds. The summed E-state index contributed by atoms with van der Waals surface area (Å²) in [6.45, 7) is 0.434. The first-order chi connectivity index (χ1) is 6.68. The van der Waals surface area contributed by atoms with Crippen LogP contribution in [0.2, 0.25) is 0 Å². The van der Waals surface area contributed by atoms with E-state index in [9.17, 15) is 8.78 Å². The lowest BCUT2D eigenvalue weighted by atomic mass is 10.0. The van der Waals surface area contributed by atoms with Crippen molar-refractivity contribution in [2.45, 2.75) is 18.9 Å². The number of fused-ring (bicyclic) bond motifs is 1. The Morgan fingerprint density at radius 2 is 2.14 bits per heavy atom. The standard InChI is InChI=1S/C10H11F2NO/c11-6-4-7-9(13)2-1-3-14-10(7)8(12)5-6/h4-5,9H,1-3,13H2/t9-/m0/s1. The molecule has 1 aromatic carbocycles. The van der Waals surface area contributed by atoms with Gasteiger partial charge in [0.25, 0.3) is 0 Å². The van der Waals surface area contributed by atoms with Crippen LogP contribution in [-0.4, -0.2) is 6.61 Å². The molecule has 2 rings (SSSR count). The summed E-state index contributed by atoms with van der Waals surface area (Å²) >= 11 is 0. The minimum absolute atomic E-state index is 0.108. The predicted molar refractivity (Wildman–Crippen MR) is 48.0 cm³/mol. The fraction of sp³-hybridized carbons (Fsp3) is 0.400. The smallest absolute Gasteiger partial charge is 0.168 e. The van der Waals surface area contributed by atoms with Crippen LogP contribution in [-0.2, 0) is 0 Å². The molecule has 0 saturated carbocycles. The molecule has 2 N–H and O–H groups in total. The van der Waals surface area contributed by atoms with E-state index in [2.05, 4.69) is 0 Å². The van der Waals surface area contributed by atoms with E-state index in [1.165, 1.54) is 6.07 Å². The van der Waals surface area contributed by atoms with Crippen molar-refractivity contribution in [1.82, 2.24) is 0 Å². The number of halogens is 2. The van der Waals surface area contributed by atoms with E-state index in [0.717, 1.165) is 12.5 Å². The Balaban J connectivity index is 2.53. The van der Waals surface area contributed by atoms with Gasteiger partial charge in [-0.05, 0) is 18.9 Å². The lowest BCUT2D eigenvalue weighted by Gasteiger charge is -2.12. The molecule has 0 fully saturated rings. The maximum Gasteiger partial charge on any atom is 0.168 e. The Kier molecular flexibility index (Phi) is 2.37. The van der Waals surface area contributed by atoms with Crippen LogP contribution in [0.1, 0.15) is 24.4 Å². The number of benzene rings is 1. The lowest BCUT2D eigenvalue weighted by molar-refractivity contribution is 0.300. The molecule has 1 atom stereocenters. The average Bonchev–Trinajstić information content (AvgIpc) is 2.29. The Morgan fingerprint density at radius 3 is 2.93 bits per heavy atom. The van der Waals surface area contributed by atoms with Crippen molar-refractivity contribution in [2.75, 3.05) is 6.61 Å². The zero-order valence-corrected chi connectivity index (χ0v) is 7.59. The number of hydrogen-bond acceptors (Lipinski definition) is 2. The maximum absolute atomic E-state index is 13.3. The van der Waals surface area contributed by atoms with E-state index in [1.807, 2.05) is 0 Å². The second kappa shape index (κ2) is 3.53. The van der Waals surface area contributed by atoms with E-state index < -0.39 is 11.6 Å². The average molecular weight is 199 g/mol. The van der Waals surface area contributed by atoms with Gasteiger partial charge in [0.05, 0.1) is 6.61 Å². The first-order valence-corrected chi connectivity index (χ1v) is 4.56. The van der Waals surface area contributed by atoms with Crippen molar-refractivity contribution in [3.05, 3.63) is 29.3 Å². The van der Waals surface area contributed by atoms with Crippen molar-refractivity contribution in [3.8, 4) is 5.75 Å². The van der Waals surface area contributed by atoms with Crippen LogP contribution in [0.3, 0.4) is 0 Å². The van der Waals surface area contributed by atoms with E-state index in [4.69, 9.17) is 10.5 Å². The Bertz CT molecular complexity index is 354. The first-order valence-electron chi connectivity index (χ1n) is 4.56. The van der Waals surface area contributed by atoms with Crippen molar-refractivity contribution in [3.63, 3.8) is 0 Å². The molecular formula is C10H11F2NO. The largest absolute Gasteiger partial charge is 0.490 e. The van der Waals surface area contributed by atoms with E-state index in [0.29, 0.717) is 18.6 Å². The highest BCUT2D eigenvalue weighted by molar-refractivity contribution is 5.38. The van der Waals surface area contributed by atoms with Gasteiger partial charge < -0.3 is 10.5 Å². The van der Waals surface area contributed by atoms with Crippen LogP contribution >= 0.6 is 0 Å². The molecule has 1 heterocycles. The first kappa shape index (κ1) is 9.40. The van der Waals surface area contributed by atoms with Crippen molar-refractivity contribution in [2.24, 2.45) is 5.73 Å². The highest BCUT2D eigenvalue weighted by atomic mass is 19.1. The van der Waals surface area contributed by atoms with E-state index >= 15 is 0 Å². The van der Waals surface area contributed by atoms with Gasteiger partial charge in [0.2, 0.25) is 0 Å². The maximum atomic E-state index is 13.3. The van der Waals surface area contributed by atoms with Crippen LogP contribution in [0.4, 0.5) is 8.78 Å². The number of hydrogen-bond donors (Lipinski definition) is 1. The summed E-state index contributed by atoms with van der Waals surface area (Å²) in [4.78, 5) is 0. The van der Waals surface area contributed by atoms with Crippen molar-refractivity contribution in [1.29, 1.82) is 0 Å². The number of rotatable bonds is 0. The second-order valence-corrected chi connectivity index (χ2v) is 3.40. The third-order valence-electron chi connectivity index (χ3n) is 2.34. The van der Waals surface area contributed by atoms with Crippen LogP contribution in [0.5, 0.6) is 5.75 Å². The zero-order chi connectivity index (χ0) is 10.1. The van der Waals surface area contributed by atoms with Crippen LogP contribution < -0.4 is 10.5 Å². The molecule has 1 aliphatic rings. The molecule has 0 unspecified atom stereocenters. The number of nitrogens with two attached hydrogens (primary N) is 1. The minimum Gasteiger partial charge on any atom is -0.490 e. The van der Waals surface area contributed by atoms with Gasteiger partial charge >= 0.3 is 0 Å². The number of ether oxygens (including phenoxy) is 1. The van der Waals surface area contributed by atoms with Gasteiger partial charge in [0.1, 0.15) is 5.82 Å². The van der Waals surface area contributed by atoms with Gasteiger partial charge in [-0.15, -0.1) is 0 Å². The molecular weight excluding hydrogens is 188 g/mol.